The van der Waals surface area contributed by atoms with Gasteiger partial charge in [0.2, 0.25) is 5.91 Å². The lowest BCUT2D eigenvalue weighted by Crippen LogP contribution is -2.39. The standard InChI is InChI=1S/C28H31FN4O4/c29-23-9-10-24-26(16-23)37-31-28(24)20-12-14-32(15-13-20)18-22-6-3-5-21(22)17-30-27(34)11-8-19-4-1-2-7-25(19)33(35)36/h1-2,4,7-11,16,20-22H,3,5-6,12-15,17-18H2,(H,30,34)/b11-8+/t21-,22-/m1/s1. The highest BCUT2D eigenvalue weighted by Crippen LogP contribution is 2.36. The van der Waals surface area contributed by atoms with Gasteiger partial charge in [-0.15, -0.1) is 0 Å². The van der Waals surface area contributed by atoms with Crippen LogP contribution in [0.5, 0.6) is 0 Å². The van der Waals surface area contributed by atoms with E-state index in [1.54, 1.807) is 24.3 Å². The van der Waals surface area contributed by atoms with Gasteiger partial charge >= 0.3 is 0 Å². The van der Waals surface area contributed by atoms with Gasteiger partial charge in [-0.2, -0.15) is 0 Å². The van der Waals surface area contributed by atoms with Crippen LogP contribution in [0.3, 0.4) is 0 Å². The van der Waals surface area contributed by atoms with Crippen molar-refractivity contribution >= 4 is 28.6 Å². The Kier molecular flexibility index (Phi) is 7.60. The van der Waals surface area contributed by atoms with Gasteiger partial charge in [0.1, 0.15) is 5.82 Å². The normalized spacial score (nSPS) is 21.1. The molecule has 2 aromatic carbocycles. The van der Waals surface area contributed by atoms with E-state index < -0.39 is 4.92 Å². The Morgan fingerprint density at radius 1 is 1.16 bits per heavy atom. The number of nitro benzene ring substituents is 1. The van der Waals surface area contributed by atoms with Crippen molar-refractivity contribution in [3.8, 4) is 0 Å². The molecule has 9 heteroatoms. The zero-order valence-corrected chi connectivity index (χ0v) is 20.6. The van der Waals surface area contributed by atoms with Gasteiger partial charge in [0.15, 0.2) is 5.58 Å². The fourth-order valence-corrected chi connectivity index (χ4v) is 5.82. The monoisotopic (exact) mass is 506 g/mol. The molecule has 0 spiro atoms. The molecular formula is C28H31FN4O4. The predicted molar refractivity (Wildman–Crippen MR) is 138 cm³/mol. The summed E-state index contributed by atoms with van der Waals surface area (Å²) in [5.74, 6) is 0.726. The minimum atomic E-state index is -0.446. The molecule has 2 atom stereocenters. The fourth-order valence-electron chi connectivity index (χ4n) is 5.82. The van der Waals surface area contributed by atoms with E-state index in [-0.39, 0.29) is 17.4 Å². The smallest absolute Gasteiger partial charge is 0.276 e. The molecule has 1 N–H and O–H groups in total. The SMILES string of the molecule is O=C(/C=C/c1ccccc1[N+](=O)[O-])NC[C@H]1CCC[C@@H]1CN1CCC(c2noc3cc(F)ccc23)CC1. The van der Waals surface area contributed by atoms with Crippen LogP contribution in [0.15, 0.2) is 53.1 Å². The van der Waals surface area contributed by atoms with Crippen molar-refractivity contribution < 1.29 is 18.6 Å². The first kappa shape index (κ1) is 25.1. The lowest BCUT2D eigenvalue weighted by Gasteiger charge is -2.34. The number of aromatic nitrogens is 1. The zero-order chi connectivity index (χ0) is 25.8. The van der Waals surface area contributed by atoms with Crippen molar-refractivity contribution in [3.63, 3.8) is 0 Å². The van der Waals surface area contributed by atoms with Crippen LogP contribution in [0, 0.1) is 27.8 Å². The number of carbonyl (C=O) groups is 1. The van der Waals surface area contributed by atoms with Crippen molar-refractivity contribution in [2.24, 2.45) is 11.8 Å². The topological polar surface area (TPSA) is 102 Å². The lowest BCUT2D eigenvalue weighted by molar-refractivity contribution is -0.385. The number of rotatable bonds is 8. The zero-order valence-electron chi connectivity index (χ0n) is 20.6. The number of likely N-dealkylation sites (tertiary alicyclic amines) is 1. The Morgan fingerprint density at radius 2 is 1.95 bits per heavy atom. The third-order valence-corrected chi connectivity index (χ3v) is 7.83. The molecule has 0 radical (unpaired) electrons. The van der Waals surface area contributed by atoms with E-state index in [2.05, 4.69) is 15.4 Å². The van der Waals surface area contributed by atoms with Crippen LogP contribution in [0.1, 0.15) is 49.3 Å². The van der Waals surface area contributed by atoms with Gasteiger partial charge in [-0.1, -0.05) is 23.7 Å². The van der Waals surface area contributed by atoms with Gasteiger partial charge in [0.25, 0.3) is 5.69 Å². The molecule has 1 saturated carbocycles. The van der Waals surface area contributed by atoms with Crippen LogP contribution in [0.2, 0.25) is 0 Å². The molecule has 1 aromatic heterocycles. The van der Waals surface area contributed by atoms with Crippen molar-refractivity contribution in [1.29, 1.82) is 0 Å². The maximum Gasteiger partial charge on any atom is 0.276 e. The quantitative estimate of drug-likeness (QED) is 0.253. The number of hydrogen-bond acceptors (Lipinski definition) is 6. The van der Waals surface area contributed by atoms with Gasteiger partial charge in [-0.25, -0.2) is 4.39 Å². The summed E-state index contributed by atoms with van der Waals surface area (Å²) in [6.07, 6.45) is 8.27. The Hall–Kier alpha value is -3.59. The minimum absolute atomic E-state index is 0.0168. The number of benzene rings is 2. The number of nitrogens with zero attached hydrogens (tertiary/aromatic N) is 3. The molecule has 37 heavy (non-hydrogen) atoms. The first-order valence-electron chi connectivity index (χ1n) is 12.9. The van der Waals surface area contributed by atoms with Crippen LogP contribution in [-0.2, 0) is 4.79 Å². The van der Waals surface area contributed by atoms with Gasteiger partial charge in [0.05, 0.1) is 16.2 Å². The largest absolute Gasteiger partial charge is 0.356 e. The number of amides is 1. The van der Waals surface area contributed by atoms with Gasteiger partial charge in [-0.3, -0.25) is 14.9 Å². The molecule has 0 bridgehead atoms. The van der Waals surface area contributed by atoms with Crippen LogP contribution in [0.25, 0.3) is 17.0 Å². The summed E-state index contributed by atoms with van der Waals surface area (Å²) in [6, 6.07) is 11.0. The second-order valence-corrected chi connectivity index (χ2v) is 10.1. The second kappa shape index (κ2) is 11.2. The van der Waals surface area contributed by atoms with E-state index >= 15 is 0 Å². The maximum absolute atomic E-state index is 13.5. The highest BCUT2D eigenvalue weighted by molar-refractivity contribution is 5.92. The Balaban J connectivity index is 1.10. The predicted octanol–water partition coefficient (Wildman–Crippen LogP) is 5.30. The number of piperidine rings is 1. The molecule has 194 valence electrons. The van der Waals surface area contributed by atoms with Crippen molar-refractivity contribution in [1.82, 2.24) is 15.4 Å². The van der Waals surface area contributed by atoms with Crippen LogP contribution >= 0.6 is 0 Å². The summed E-state index contributed by atoms with van der Waals surface area (Å²) in [4.78, 5) is 25.6. The van der Waals surface area contributed by atoms with E-state index in [9.17, 15) is 19.3 Å². The minimum Gasteiger partial charge on any atom is -0.356 e. The molecule has 2 fully saturated rings. The average molecular weight is 507 g/mol. The first-order chi connectivity index (χ1) is 18.0. The third kappa shape index (κ3) is 5.88. The van der Waals surface area contributed by atoms with Crippen LogP contribution in [0.4, 0.5) is 10.1 Å². The molecule has 1 saturated heterocycles. The van der Waals surface area contributed by atoms with E-state index in [1.807, 2.05) is 0 Å². The second-order valence-electron chi connectivity index (χ2n) is 10.1. The fraction of sp³-hybridized carbons (Fsp3) is 0.429. The summed E-state index contributed by atoms with van der Waals surface area (Å²) in [7, 11) is 0. The van der Waals surface area contributed by atoms with E-state index in [4.69, 9.17) is 4.52 Å². The molecule has 2 heterocycles. The Bertz CT molecular complexity index is 1300. The van der Waals surface area contributed by atoms with Crippen molar-refractivity contribution in [3.05, 3.63) is 75.7 Å². The molecule has 0 unspecified atom stereocenters. The molecule has 8 nitrogen and oxygen atoms in total. The molecule has 1 aliphatic carbocycles. The summed E-state index contributed by atoms with van der Waals surface area (Å²) in [5, 5.41) is 19.3. The molecule has 5 rings (SSSR count). The number of halogens is 1. The molecular weight excluding hydrogens is 475 g/mol. The summed E-state index contributed by atoms with van der Waals surface area (Å²) < 4.78 is 18.8. The van der Waals surface area contributed by atoms with Gasteiger partial charge < -0.3 is 14.7 Å². The average Bonchev–Trinajstić information content (AvgIpc) is 3.53. The van der Waals surface area contributed by atoms with Crippen LogP contribution < -0.4 is 5.32 Å². The van der Waals surface area contributed by atoms with Crippen molar-refractivity contribution in [2.75, 3.05) is 26.2 Å². The molecule has 1 aliphatic heterocycles. The summed E-state index contributed by atoms with van der Waals surface area (Å²) in [5.41, 5.74) is 1.84. The maximum atomic E-state index is 13.5. The van der Waals surface area contributed by atoms with E-state index in [0.29, 0.717) is 35.4 Å². The lowest BCUT2D eigenvalue weighted by atomic mass is 9.89. The molecule has 3 aromatic rings. The van der Waals surface area contributed by atoms with E-state index in [0.717, 1.165) is 62.8 Å². The highest BCUT2D eigenvalue weighted by atomic mass is 19.1. The Morgan fingerprint density at radius 3 is 2.76 bits per heavy atom. The van der Waals surface area contributed by atoms with E-state index in [1.165, 1.54) is 30.4 Å². The number of nitrogens with one attached hydrogen (secondary N) is 1. The number of para-hydroxylation sites is 1. The number of fused-ring (bicyclic) bond motifs is 1. The first-order valence-corrected chi connectivity index (χ1v) is 12.9. The number of hydrogen-bond donors (Lipinski definition) is 1. The molecule has 2 aliphatic rings. The summed E-state index contributed by atoms with van der Waals surface area (Å²) >= 11 is 0. The van der Waals surface area contributed by atoms with Crippen molar-refractivity contribution in [2.45, 2.75) is 38.0 Å². The number of carbonyl (C=O) groups excluding carboxylic acids is 1. The van der Waals surface area contributed by atoms with Crippen LogP contribution in [-0.4, -0.2) is 47.1 Å². The van der Waals surface area contributed by atoms with Gasteiger partial charge in [0, 0.05) is 42.6 Å². The highest BCUT2D eigenvalue weighted by Gasteiger charge is 2.31. The summed E-state index contributed by atoms with van der Waals surface area (Å²) in [6.45, 7) is 3.59. The third-order valence-electron chi connectivity index (χ3n) is 7.83. The van der Waals surface area contributed by atoms with Gasteiger partial charge in [-0.05, 0) is 74.9 Å². The Labute approximate surface area is 214 Å². The number of nitro groups is 1. The molecule has 1 amide bonds.